The molecule has 2 aromatic rings. The van der Waals surface area contributed by atoms with Gasteiger partial charge in [0.15, 0.2) is 0 Å². The van der Waals surface area contributed by atoms with Gasteiger partial charge in [0.05, 0.1) is 13.3 Å². The van der Waals surface area contributed by atoms with Gasteiger partial charge in [-0.05, 0) is 48.7 Å². The van der Waals surface area contributed by atoms with Gasteiger partial charge in [0.1, 0.15) is 5.75 Å². The number of piperidine rings is 1. The molecular formula is C21H22BrN3O3. The van der Waals surface area contributed by atoms with Gasteiger partial charge in [0.25, 0.3) is 5.91 Å². The zero-order valence-electron chi connectivity index (χ0n) is 15.6. The summed E-state index contributed by atoms with van der Waals surface area (Å²) in [4.78, 5) is 26.7. The van der Waals surface area contributed by atoms with Gasteiger partial charge in [-0.3, -0.25) is 9.59 Å². The van der Waals surface area contributed by atoms with Crippen molar-refractivity contribution in [2.75, 3.05) is 20.2 Å². The van der Waals surface area contributed by atoms with Crippen LogP contribution in [-0.4, -0.2) is 43.1 Å². The Balaban J connectivity index is 1.49. The molecule has 1 heterocycles. The number of methoxy groups -OCH3 is 1. The van der Waals surface area contributed by atoms with E-state index in [2.05, 4.69) is 26.5 Å². The summed E-state index contributed by atoms with van der Waals surface area (Å²) in [6.45, 7) is 1.09. The average Bonchev–Trinajstić information content (AvgIpc) is 2.74. The number of nitrogens with one attached hydrogen (secondary N) is 1. The van der Waals surface area contributed by atoms with E-state index >= 15 is 0 Å². The summed E-state index contributed by atoms with van der Waals surface area (Å²) in [5.74, 6) is 0.369. The first-order valence-electron chi connectivity index (χ1n) is 9.08. The highest BCUT2D eigenvalue weighted by molar-refractivity contribution is 9.10. The number of benzene rings is 2. The van der Waals surface area contributed by atoms with Crippen LogP contribution in [0.15, 0.2) is 58.1 Å². The molecule has 7 heteroatoms. The molecule has 0 atom stereocenters. The Kier molecular flexibility index (Phi) is 6.81. The van der Waals surface area contributed by atoms with Crippen LogP contribution < -0.4 is 10.2 Å². The van der Waals surface area contributed by atoms with Crippen molar-refractivity contribution < 1.29 is 14.3 Å². The van der Waals surface area contributed by atoms with E-state index < -0.39 is 0 Å². The van der Waals surface area contributed by atoms with E-state index in [1.165, 1.54) is 0 Å². The first kappa shape index (κ1) is 20.1. The molecule has 0 aromatic heterocycles. The van der Waals surface area contributed by atoms with E-state index in [9.17, 15) is 9.59 Å². The fourth-order valence-corrected chi connectivity index (χ4v) is 3.36. The molecule has 0 bridgehead atoms. The third-order valence-corrected chi connectivity index (χ3v) is 5.26. The fourth-order valence-electron chi connectivity index (χ4n) is 3.09. The van der Waals surface area contributed by atoms with Crippen LogP contribution in [0.5, 0.6) is 5.75 Å². The predicted octanol–water partition coefficient (Wildman–Crippen LogP) is 3.46. The molecule has 1 aliphatic heterocycles. The van der Waals surface area contributed by atoms with Crippen molar-refractivity contribution in [2.45, 2.75) is 12.8 Å². The van der Waals surface area contributed by atoms with Crippen LogP contribution in [0.4, 0.5) is 0 Å². The first-order valence-corrected chi connectivity index (χ1v) is 9.88. The van der Waals surface area contributed by atoms with Crippen LogP contribution in [0.25, 0.3) is 0 Å². The molecule has 0 unspecified atom stereocenters. The van der Waals surface area contributed by atoms with E-state index in [4.69, 9.17) is 4.74 Å². The lowest BCUT2D eigenvalue weighted by Crippen LogP contribution is -2.42. The standard InChI is InChI=1S/C21H22BrN3O3/c1-28-19-4-2-3-17(13-19)21(27)25-11-9-16(10-12-25)20(26)24-23-14-15-5-7-18(22)8-6-15/h2-8,13-14,16H,9-12H2,1H3,(H,24,26)/b23-14-. The lowest BCUT2D eigenvalue weighted by atomic mass is 9.95. The minimum absolute atomic E-state index is 0.0361. The molecule has 28 heavy (non-hydrogen) atoms. The van der Waals surface area contributed by atoms with Crippen molar-refractivity contribution in [3.63, 3.8) is 0 Å². The summed E-state index contributed by atoms with van der Waals surface area (Å²) >= 11 is 3.38. The van der Waals surface area contributed by atoms with E-state index in [0.29, 0.717) is 37.2 Å². The molecule has 1 fully saturated rings. The number of carbonyl (C=O) groups is 2. The highest BCUT2D eigenvalue weighted by Crippen LogP contribution is 2.21. The summed E-state index contributed by atoms with van der Waals surface area (Å²) in [6, 6.07) is 14.8. The fraction of sp³-hybridized carbons (Fsp3) is 0.286. The number of likely N-dealkylation sites (tertiary alicyclic amines) is 1. The number of nitrogens with zero attached hydrogens (tertiary/aromatic N) is 2. The number of ether oxygens (including phenoxy) is 1. The molecule has 6 nitrogen and oxygen atoms in total. The number of hydrogen-bond donors (Lipinski definition) is 1. The lowest BCUT2D eigenvalue weighted by Gasteiger charge is -2.31. The SMILES string of the molecule is COc1cccc(C(=O)N2CCC(C(=O)N/N=C\c3ccc(Br)cc3)CC2)c1. The number of hydrazone groups is 1. The van der Waals surface area contributed by atoms with Crippen molar-refractivity contribution in [3.8, 4) is 5.75 Å². The van der Waals surface area contributed by atoms with Gasteiger partial charge in [-0.1, -0.05) is 34.1 Å². The van der Waals surface area contributed by atoms with E-state index in [1.807, 2.05) is 30.3 Å². The molecule has 2 aromatic carbocycles. The van der Waals surface area contributed by atoms with Crippen LogP contribution in [0.2, 0.25) is 0 Å². The van der Waals surface area contributed by atoms with Crippen molar-refractivity contribution in [3.05, 3.63) is 64.1 Å². The Morgan fingerprint density at radius 2 is 1.89 bits per heavy atom. The van der Waals surface area contributed by atoms with Gasteiger partial charge in [-0.25, -0.2) is 5.43 Å². The van der Waals surface area contributed by atoms with Crippen molar-refractivity contribution >= 4 is 34.0 Å². The predicted molar refractivity (Wildman–Crippen MR) is 112 cm³/mol. The molecule has 1 aliphatic rings. The maximum absolute atomic E-state index is 12.6. The number of hydrogen-bond acceptors (Lipinski definition) is 4. The highest BCUT2D eigenvalue weighted by Gasteiger charge is 2.27. The molecule has 2 amide bonds. The van der Waals surface area contributed by atoms with Crippen LogP contribution in [0.3, 0.4) is 0 Å². The smallest absolute Gasteiger partial charge is 0.253 e. The van der Waals surface area contributed by atoms with Crippen LogP contribution >= 0.6 is 15.9 Å². The molecule has 0 radical (unpaired) electrons. The molecule has 0 saturated carbocycles. The van der Waals surface area contributed by atoms with Gasteiger partial charge in [-0.2, -0.15) is 5.10 Å². The Hall–Kier alpha value is -2.67. The summed E-state index contributed by atoms with van der Waals surface area (Å²) in [7, 11) is 1.58. The molecule has 1 saturated heterocycles. The third kappa shape index (κ3) is 5.19. The molecule has 1 N–H and O–H groups in total. The monoisotopic (exact) mass is 443 g/mol. The first-order chi connectivity index (χ1) is 13.6. The minimum Gasteiger partial charge on any atom is -0.497 e. The number of carbonyl (C=O) groups excluding carboxylic acids is 2. The maximum atomic E-state index is 12.6. The second-order valence-corrected chi connectivity index (χ2v) is 7.50. The highest BCUT2D eigenvalue weighted by atomic mass is 79.9. The normalized spacial score (nSPS) is 14.9. The van der Waals surface area contributed by atoms with E-state index in [-0.39, 0.29) is 17.7 Å². The number of rotatable bonds is 5. The molecule has 0 spiro atoms. The minimum atomic E-state index is -0.142. The Morgan fingerprint density at radius 1 is 1.18 bits per heavy atom. The molecular weight excluding hydrogens is 422 g/mol. The lowest BCUT2D eigenvalue weighted by molar-refractivity contribution is -0.126. The van der Waals surface area contributed by atoms with E-state index in [1.54, 1.807) is 36.4 Å². The van der Waals surface area contributed by atoms with Gasteiger partial charge >= 0.3 is 0 Å². The van der Waals surface area contributed by atoms with Gasteiger partial charge in [-0.15, -0.1) is 0 Å². The summed E-state index contributed by atoms with van der Waals surface area (Å²) in [6.07, 6.45) is 2.86. The Labute approximate surface area is 172 Å². The van der Waals surface area contributed by atoms with Crippen molar-refractivity contribution in [1.82, 2.24) is 10.3 Å². The quantitative estimate of drug-likeness (QED) is 0.567. The average molecular weight is 444 g/mol. The summed E-state index contributed by atoms with van der Waals surface area (Å²) in [5, 5.41) is 4.03. The van der Waals surface area contributed by atoms with Crippen molar-refractivity contribution in [2.24, 2.45) is 11.0 Å². The summed E-state index contributed by atoms with van der Waals surface area (Å²) < 4.78 is 6.17. The second kappa shape index (κ2) is 9.50. The molecule has 3 rings (SSSR count). The van der Waals surface area contributed by atoms with Gasteiger partial charge < -0.3 is 9.64 Å². The van der Waals surface area contributed by atoms with Crippen LogP contribution in [-0.2, 0) is 4.79 Å². The Bertz CT molecular complexity index is 859. The van der Waals surface area contributed by atoms with Gasteiger partial charge in [0, 0.05) is 29.0 Å². The Morgan fingerprint density at radius 3 is 2.57 bits per heavy atom. The molecule has 146 valence electrons. The maximum Gasteiger partial charge on any atom is 0.253 e. The molecule has 0 aliphatic carbocycles. The van der Waals surface area contributed by atoms with Crippen LogP contribution in [0, 0.1) is 5.92 Å². The van der Waals surface area contributed by atoms with Crippen LogP contribution in [0.1, 0.15) is 28.8 Å². The number of amides is 2. The number of halogens is 1. The zero-order valence-corrected chi connectivity index (χ0v) is 17.2. The zero-order chi connectivity index (χ0) is 19.9. The topological polar surface area (TPSA) is 71.0 Å². The van der Waals surface area contributed by atoms with Gasteiger partial charge in [0.2, 0.25) is 5.91 Å². The summed E-state index contributed by atoms with van der Waals surface area (Å²) in [5.41, 5.74) is 4.11. The second-order valence-electron chi connectivity index (χ2n) is 6.58. The van der Waals surface area contributed by atoms with Crippen molar-refractivity contribution in [1.29, 1.82) is 0 Å². The van der Waals surface area contributed by atoms with E-state index in [0.717, 1.165) is 10.0 Å². The largest absolute Gasteiger partial charge is 0.497 e. The third-order valence-electron chi connectivity index (χ3n) is 4.73.